The zero-order chi connectivity index (χ0) is 30.3. The lowest BCUT2D eigenvalue weighted by Gasteiger charge is -2.51. The van der Waals surface area contributed by atoms with Crippen LogP contribution < -0.4 is 19.3 Å². The van der Waals surface area contributed by atoms with Crippen molar-refractivity contribution >= 4 is 23.3 Å². The molecule has 1 saturated heterocycles. The van der Waals surface area contributed by atoms with Gasteiger partial charge in [0.1, 0.15) is 12.1 Å². The Morgan fingerprint density at radius 1 is 1.20 bits per heavy atom. The topological polar surface area (TPSA) is 111 Å². The van der Waals surface area contributed by atoms with E-state index >= 15 is 4.39 Å². The van der Waals surface area contributed by atoms with Crippen LogP contribution in [0.4, 0.5) is 10.1 Å². The third kappa shape index (κ3) is 5.02. The molecule has 2 aliphatic heterocycles. The van der Waals surface area contributed by atoms with E-state index in [0.29, 0.717) is 34.7 Å². The average Bonchev–Trinajstić information content (AvgIpc) is 3.01. The number of para-hydroxylation sites is 1. The molecule has 0 bridgehead atoms. The molecular formula is C31H40FN2O7+. The van der Waals surface area contributed by atoms with E-state index in [1.807, 2.05) is 20.8 Å². The number of ketones is 1. The normalized spacial score (nSPS) is 26.6. The maximum Gasteiger partial charge on any atom is 0.344 e. The van der Waals surface area contributed by atoms with Gasteiger partial charge >= 0.3 is 11.9 Å². The minimum Gasteiger partial charge on any atom is -0.493 e. The van der Waals surface area contributed by atoms with Gasteiger partial charge < -0.3 is 24.6 Å². The minimum absolute atomic E-state index is 0.0293. The van der Waals surface area contributed by atoms with E-state index in [9.17, 15) is 19.5 Å². The number of nitrogens with zero attached hydrogens (tertiary/aromatic N) is 1. The SMILES string of the molecule is COc1cccc(C2OCC(=O)[N+](CC(C)(C)C)([C@@H]3CCNC[C@@]3(C(C)=O)C(=O)O)c3c(F)cc(C)cc32)c1OC. The van der Waals surface area contributed by atoms with Crippen LogP contribution in [0, 0.1) is 23.6 Å². The van der Waals surface area contributed by atoms with Crippen molar-refractivity contribution in [3.8, 4) is 11.5 Å². The van der Waals surface area contributed by atoms with Crippen molar-refractivity contribution < 1.29 is 38.1 Å². The standard InChI is InChI=1S/C31H39FN2O7/c1-18-13-21-26(22(32)14-18)34(17-30(3,4)5,24-11-12-33-16-31(24,19(2)35)29(37)38)25(36)15-41-27(21)20-9-8-10-23(39-6)28(20)40-7/h8-10,13-14,24,27,33H,11-12,15-17H2,1-7H3/p+1/t24-,27?,31+,34?/m1/s1. The van der Waals surface area contributed by atoms with E-state index in [0.717, 1.165) is 0 Å². The molecule has 4 atom stereocenters. The number of ether oxygens (including phenoxy) is 3. The fourth-order valence-corrected chi connectivity index (χ4v) is 6.81. The Morgan fingerprint density at radius 3 is 2.49 bits per heavy atom. The summed E-state index contributed by atoms with van der Waals surface area (Å²) in [6, 6.07) is 7.29. The number of hydrogen-bond acceptors (Lipinski definition) is 7. The van der Waals surface area contributed by atoms with Crippen LogP contribution in [0.1, 0.15) is 56.9 Å². The number of nitrogens with one attached hydrogen (secondary N) is 1. The molecule has 2 aromatic carbocycles. The number of carboxylic acids is 1. The van der Waals surface area contributed by atoms with Gasteiger partial charge in [0.2, 0.25) is 0 Å². The number of carbonyl (C=O) groups is 3. The fourth-order valence-electron chi connectivity index (χ4n) is 6.81. The maximum absolute atomic E-state index is 16.7. The monoisotopic (exact) mass is 571 g/mol. The minimum atomic E-state index is -1.97. The second-order valence-corrected chi connectivity index (χ2v) is 12.3. The van der Waals surface area contributed by atoms with Crippen LogP contribution in [0.25, 0.3) is 0 Å². The van der Waals surface area contributed by atoms with E-state index < -0.39 is 57.5 Å². The van der Waals surface area contributed by atoms with E-state index in [1.54, 1.807) is 31.2 Å². The molecule has 2 N–H and O–H groups in total. The van der Waals surface area contributed by atoms with E-state index in [-0.39, 0.29) is 25.2 Å². The number of aryl methyl sites for hydroxylation is 1. The van der Waals surface area contributed by atoms with Gasteiger partial charge in [0.15, 0.2) is 40.8 Å². The van der Waals surface area contributed by atoms with Crippen molar-refractivity contribution in [2.24, 2.45) is 10.8 Å². The predicted molar refractivity (Wildman–Crippen MR) is 152 cm³/mol. The summed E-state index contributed by atoms with van der Waals surface area (Å²) in [5.41, 5.74) is -1.01. The lowest BCUT2D eigenvalue weighted by atomic mass is 9.70. The zero-order valence-electron chi connectivity index (χ0n) is 24.8. The Morgan fingerprint density at radius 2 is 1.90 bits per heavy atom. The molecule has 9 nitrogen and oxygen atoms in total. The van der Waals surface area contributed by atoms with Gasteiger partial charge in [-0.1, -0.05) is 32.9 Å². The van der Waals surface area contributed by atoms with Crippen LogP contribution in [-0.2, 0) is 19.1 Å². The lowest BCUT2D eigenvalue weighted by molar-refractivity contribution is -0.164. The number of fused-ring (bicyclic) bond motifs is 1. The second kappa shape index (κ2) is 11.2. The summed E-state index contributed by atoms with van der Waals surface area (Å²) in [7, 11) is 3.00. The number of quaternary nitrogens is 1. The fraction of sp³-hybridized carbons (Fsp3) is 0.516. The highest BCUT2D eigenvalue weighted by Gasteiger charge is 2.66. The molecule has 0 aliphatic carbocycles. The molecule has 2 aliphatic rings. The molecule has 41 heavy (non-hydrogen) atoms. The highest BCUT2D eigenvalue weighted by Crippen LogP contribution is 2.51. The summed E-state index contributed by atoms with van der Waals surface area (Å²) >= 11 is 0. The molecule has 4 rings (SSSR count). The third-order valence-corrected chi connectivity index (χ3v) is 8.29. The zero-order valence-corrected chi connectivity index (χ0v) is 24.8. The van der Waals surface area contributed by atoms with Crippen LogP contribution in [0.3, 0.4) is 0 Å². The molecule has 1 fully saturated rings. The van der Waals surface area contributed by atoms with Gasteiger partial charge in [-0.05, 0) is 37.6 Å². The van der Waals surface area contributed by atoms with E-state index in [1.165, 1.54) is 27.2 Å². The largest absolute Gasteiger partial charge is 0.493 e. The van der Waals surface area contributed by atoms with Crippen molar-refractivity contribution in [2.45, 2.75) is 53.2 Å². The van der Waals surface area contributed by atoms with Crippen LogP contribution in [0.5, 0.6) is 11.5 Å². The van der Waals surface area contributed by atoms with Crippen LogP contribution in [0.15, 0.2) is 30.3 Å². The predicted octanol–water partition coefficient (Wildman–Crippen LogP) is 4.17. The first-order valence-electron chi connectivity index (χ1n) is 13.7. The van der Waals surface area contributed by atoms with Crippen LogP contribution in [-0.4, -0.2) is 69.3 Å². The van der Waals surface area contributed by atoms with E-state index in [2.05, 4.69) is 5.32 Å². The summed E-state index contributed by atoms with van der Waals surface area (Å²) in [5.74, 6) is -2.28. The molecular weight excluding hydrogens is 531 g/mol. The van der Waals surface area contributed by atoms with Crippen LogP contribution in [0.2, 0.25) is 0 Å². The van der Waals surface area contributed by atoms with Gasteiger partial charge in [-0.3, -0.25) is 9.59 Å². The second-order valence-electron chi connectivity index (χ2n) is 12.3. The quantitative estimate of drug-likeness (QED) is 0.376. The number of carboxylic acid groups (broad SMARTS) is 1. The smallest absolute Gasteiger partial charge is 0.344 e. The highest BCUT2D eigenvalue weighted by molar-refractivity contribution is 6.05. The first-order valence-corrected chi connectivity index (χ1v) is 13.7. The molecule has 0 saturated carbocycles. The summed E-state index contributed by atoms with van der Waals surface area (Å²) in [5, 5.41) is 13.7. The van der Waals surface area contributed by atoms with Crippen molar-refractivity contribution in [3.63, 3.8) is 0 Å². The number of benzene rings is 2. The molecule has 222 valence electrons. The number of rotatable bonds is 7. The number of piperidine rings is 1. The number of methoxy groups -OCH3 is 2. The van der Waals surface area contributed by atoms with Gasteiger partial charge in [-0.2, -0.15) is 0 Å². The van der Waals surface area contributed by atoms with E-state index in [4.69, 9.17) is 14.2 Å². The molecule has 2 unspecified atom stereocenters. The summed E-state index contributed by atoms with van der Waals surface area (Å²) < 4.78 is 33.5. The summed E-state index contributed by atoms with van der Waals surface area (Å²) in [4.78, 5) is 40.9. The van der Waals surface area contributed by atoms with Crippen molar-refractivity contribution in [2.75, 3.05) is 40.5 Å². The average molecular weight is 572 g/mol. The first kappa shape index (κ1) is 30.6. The number of halogens is 1. The molecule has 0 spiro atoms. The summed E-state index contributed by atoms with van der Waals surface area (Å²) in [6.45, 7) is 8.53. The third-order valence-electron chi connectivity index (χ3n) is 8.29. The Kier molecular flexibility index (Phi) is 8.33. The molecule has 0 aromatic heterocycles. The lowest BCUT2D eigenvalue weighted by Crippen LogP contribution is -2.75. The van der Waals surface area contributed by atoms with Gasteiger partial charge in [-0.15, -0.1) is 0 Å². The van der Waals surface area contributed by atoms with Gasteiger partial charge in [0.05, 0.1) is 26.3 Å². The summed E-state index contributed by atoms with van der Waals surface area (Å²) in [6.07, 6.45) is -0.778. The Bertz CT molecular complexity index is 1350. The number of aliphatic carboxylic acids is 1. The molecule has 2 aromatic rings. The number of hydrogen-bond donors (Lipinski definition) is 2. The molecule has 2 heterocycles. The molecule has 0 radical (unpaired) electrons. The first-order chi connectivity index (χ1) is 19.2. The van der Waals surface area contributed by atoms with Gasteiger partial charge in [0.25, 0.3) is 0 Å². The number of carbonyl (C=O) groups excluding carboxylic acids is 2. The van der Waals surface area contributed by atoms with Crippen molar-refractivity contribution in [1.82, 2.24) is 9.80 Å². The maximum atomic E-state index is 16.7. The molecule has 1 amide bonds. The Labute approximate surface area is 240 Å². The Hall–Kier alpha value is -3.34. The number of amides is 1. The number of Topliss-reactive ketones (excluding diaryl/α,β-unsaturated/α-hetero) is 1. The van der Waals surface area contributed by atoms with Gasteiger partial charge in [0, 0.05) is 30.5 Å². The molecule has 10 heteroatoms. The van der Waals surface area contributed by atoms with Gasteiger partial charge in [-0.25, -0.2) is 13.7 Å². The highest BCUT2D eigenvalue weighted by atomic mass is 19.1. The van der Waals surface area contributed by atoms with Crippen LogP contribution >= 0.6 is 0 Å². The Balaban J connectivity index is 2.15. The van der Waals surface area contributed by atoms with Crippen molar-refractivity contribution in [3.05, 3.63) is 52.8 Å². The van der Waals surface area contributed by atoms with Crippen molar-refractivity contribution in [1.29, 1.82) is 0 Å².